The van der Waals surface area contributed by atoms with Gasteiger partial charge in [-0.1, -0.05) is 6.07 Å². The summed E-state index contributed by atoms with van der Waals surface area (Å²) in [5.41, 5.74) is 7.05. The van der Waals surface area contributed by atoms with E-state index in [1.54, 1.807) is 22.7 Å². The lowest BCUT2D eigenvalue weighted by Crippen LogP contribution is -1.95. The number of aromatic nitrogens is 2. The van der Waals surface area contributed by atoms with Gasteiger partial charge in [0.15, 0.2) is 0 Å². The first-order chi connectivity index (χ1) is 8.66. The van der Waals surface area contributed by atoms with Crippen LogP contribution in [0.3, 0.4) is 0 Å². The Morgan fingerprint density at radius 1 is 1.11 bits per heavy atom. The number of benzene rings is 1. The van der Waals surface area contributed by atoms with Gasteiger partial charge in [-0.15, -0.1) is 0 Å². The van der Waals surface area contributed by atoms with Crippen molar-refractivity contribution in [3.8, 4) is 11.3 Å². The zero-order valence-corrected chi connectivity index (χ0v) is 9.27. The van der Waals surface area contributed by atoms with E-state index in [9.17, 15) is 8.78 Å². The number of hydrogen-bond donors (Lipinski definition) is 1. The SMILES string of the molecule is Nc1c(-c2ccc(F)cc2F)nc2ccccn12. The third kappa shape index (κ3) is 1.52. The zero-order chi connectivity index (χ0) is 12.7. The summed E-state index contributed by atoms with van der Waals surface area (Å²) in [7, 11) is 0. The number of halogens is 2. The van der Waals surface area contributed by atoms with Gasteiger partial charge in [-0.3, -0.25) is 4.40 Å². The summed E-state index contributed by atoms with van der Waals surface area (Å²) in [6.45, 7) is 0. The molecule has 18 heavy (non-hydrogen) atoms. The van der Waals surface area contributed by atoms with Crippen molar-refractivity contribution in [2.45, 2.75) is 0 Å². The van der Waals surface area contributed by atoms with E-state index in [1.165, 1.54) is 12.1 Å². The van der Waals surface area contributed by atoms with E-state index < -0.39 is 11.6 Å². The molecule has 0 saturated heterocycles. The van der Waals surface area contributed by atoms with Crippen LogP contribution in [0, 0.1) is 11.6 Å². The smallest absolute Gasteiger partial charge is 0.139 e. The highest BCUT2D eigenvalue weighted by molar-refractivity contribution is 5.75. The number of nitrogens with zero attached hydrogens (tertiary/aromatic N) is 2. The third-order valence-corrected chi connectivity index (χ3v) is 2.75. The Hall–Kier alpha value is -2.43. The Morgan fingerprint density at radius 2 is 1.94 bits per heavy atom. The monoisotopic (exact) mass is 245 g/mol. The topological polar surface area (TPSA) is 43.3 Å². The molecule has 2 aromatic heterocycles. The Morgan fingerprint density at radius 3 is 2.67 bits per heavy atom. The molecule has 2 heterocycles. The molecule has 0 saturated carbocycles. The molecule has 0 unspecified atom stereocenters. The number of anilines is 1. The molecule has 3 rings (SSSR count). The largest absolute Gasteiger partial charge is 0.383 e. The molecule has 0 bridgehead atoms. The second-order valence-electron chi connectivity index (χ2n) is 3.90. The molecule has 0 aliphatic carbocycles. The minimum atomic E-state index is -0.676. The first-order valence-corrected chi connectivity index (χ1v) is 5.35. The van der Waals surface area contributed by atoms with Gasteiger partial charge < -0.3 is 5.73 Å². The number of fused-ring (bicyclic) bond motifs is 1. The number of imidazole rings is 1. The van der Waals surface area contributed by atoms with Gasteiger partial charge in [0.1, 0.15) is 28.8 Å². The maximum Gasteiger partial charge on any atom is 0.139 e. The van der Waals surface area contributed by atoms with Crippen molar-refractivity contribution in [1.82, 2.24) is 9.38 Å². The fourth-order valence-corrected chi connectivity index (χ4v) is 1.89. The summed E-state index contributed by atoms with van der Waals surface area (Å²) < 4.78 is 28.2. The second kappa shape index (κ2) is 3.80. The molecule has 0 radical (unpaired) electrons. The van der Waals surface area contributed by atoms with E-state index >= 15 is 0 Å². The third-order valence-electron chi connectivity index (χ3n) is 2.75. The van der Waals surface area contributed by atoms with Crippen molar-refractivity contribution in [1.29, 1.82) is 0 Å². The molecule has 1 aromatic carbocycles. The summed E-state index contributed by atoms with van der Waals surface area (Å²) in [5, 5.41) is 0. The predicted octanol–water partition coefficient (Wildman–Crippen LogP) is 2.86. The Labute approximate surface area is 101 Å². The molecule has 0 aliphatic rings. The second-order valence-corrected chi connectivity index (χ2v) is 3.90. The Balaban J connectivity index is 2.28. The lowest BCUT2D eigenvalue weighted by molar-refractivity contribution is 0.585. The number of rotatable bonds is 1. The minimum absolute atomic E-state index is 0.192. The predicted molar refractivity (Wildman–Crippen MR) is 65.0 cm³/mol. The Bertz CT molecular complexity index is 734. The van der Waals surface area contributed by atoms with Crippen LogP contribution < -0.4 is 5.73 Å². The van der Waals surface area contributed by atoms with Crippen LogP contribution in [-0.2, 0) is 0 Å². The molecule has 0 aliphatic heterocycles. The van der Waals surface area contributed by atoms with Crippen molar-refractivity contribution in [2.75, 3.05) is 5.73 Å². The van der Waals surface area contributed by atoms with Crippen LogP contribution >= 0.6 is 0 Å². The van der Waals surface area contributed by atoms with Gasteiger partial charge in [0.2, 0.25) is 0 Å². The molecule has 3 nitrogen and oxygen atoms in total. The molecule has 0 amide bonds. The normalized spacial score (nSPS) is 11.0. The van der Waals surface area contributed by atoms with Crippen molar-refractivity contribution >= 4 is 11.5 Å². The summed E-state index contributed by atoms with van der Waals surface area (Å²) >= 11 is 0. The molecule has 5 heteroatoms. The van der Waals surface area contributed by atoms with Gasteiger partial charge in [-0.2, -0.15) is 0 Å². The lowest BCUT2D eigenvalue weighted by Gasteiger charge is -2.01. The highest BCUT2D eigenvalue weighted by Crippen LogP contribution is 2.28. The summed E-state index contributed by atoms with van der Waals surface area (Å²) in [4.78, 5) is 4.25. The Kier molecular flexibility index (Phi) is 2.26. The average Bonchev–Trinajstić information content (AvgIpc) is 2.68. The lowest BCUT2D eigenvalue weighted by atomic mass is 10.1. The van der Waals surface area contributed by atoms with Crippen molar-refractivity contribution in [3.05, 3.63) is 54.2 Å². The summed E-state index contributed by atoms with van der Waals surface area (Å²) in [6, 6.07) is 8.72. The molecule has 0 fully saturated rings. The van der Waals surface area contributed by atoms with Gasteiger partial charge in [0.25, 0.3) is 0 Å². The van der Waals surface area contributed by atoms with Crippen LogP contribution in [0.15, 0.2) is 42.6 Å². The molecular formula is C13H9F2N3. The fraction of sp³-hybridized carbons (Fsp3) is 0. The number of pyridine rings is 1. The summed E-state index contributed by atoms with van der Waals surface area (Å²) in [6.07, 6.45) is 1.74. The van der Waals surface area contributed by atoms with E-state index in [1.807, 2.05) is 6.07 Å². The van der Waals surface area contributed by atoms with Crippen LogP contribution in [-0.4, -0.2) is 9.38 Å². The van der Waals surface area contributed by atoms with E-state index in [4.69, 9.17) is 5.73 Å². The molecule has 0 atom stereocenters. The maximum absolute atomic E-state index is 13.7. The molecule has 0 spiro atoms. The van der Waals surface area contributed by atoms with E-state index in [2.05, 4.69) is 4.98 Å². The van der Waals surface area contributed by atoms with Crippen LogP contribution in [0.25, 0.3) is 16.9 Å². The van der Waals surface area contributed by atoms with Crippen molar-refractivity contribution in [2.24, 2.45) is 0 Å². The molecular weight excluding hydrogens is 236 g/mol. The first kappa shape index (κ1) is 10.7. The van der Waals surface area contributed by atoms with Crippen LogP contribution in [0.4, 0.5) is 14.6 Å². The molecule has 3 aromatic rings. The van der Waals surface area contributed by atoms with Gasteiger partial charge >= 0.3 is 0 Å². The highest BCUT2D eigenvalue weighted by atomic mass is 19.1. The number of nitrogen functional groups attached to an aromatic ring is 1. The first-order valence-electron chi connectivity index (χ1n) is 5.35. The standard InChI is InChI=1S/C13H9F2N3/c14-8-4-5-9(10(15)7-8)12-13(16)18-6-2-1-3-11(18)17-12/h1-7H,16H2. The van der Waals surface area contributed by atoms with Crippen molar-refractivity contribution < 1.29 is 8.78 Å². The average molecular weight is 245 g/mol. The molecule has 90 valence electrons. The van der Waals surface area contributed by atoms with E-state index in [0.29, 0.717) is 17.2 Å². The van der Waals surface area contributed by atoms with Gasteiger partial charge in [-0.25, -0.2) is 13.8 Å². The number of nitrogens with two attached hydrogens (primary N) is 1. The van der Waals surface area contributed by atoms with Crippen molar-refractivity contribution in [3.63, 3.8) is 0 Å². The van der Waals surface area contributed by atoms with Crippen LogP contribution in [0.1, 0.15) is 0 Å². The maximum atomic E-state index is 13.7. The van der Waals surface area contributed by atoms with Gasteiger partial charge in [0, 0.05) is 17.8 Å². The van der Waals surface area contributed by atoms with Crippen LogP contribution in [0.5, 0.6) is 0 Å². The highest BCUT2D eigenvalue weighted by Gasteiger charge is 2.14. The van der Waals surface area contributed by atoms with Crippen LogP contribution in [0.2, 0.25) is 0 Å². The van der Waals surface area contributed by atoms with Gasteiger partial charge in [0.05, 0.1) is 0 Å². The van der Waals surface area contributed by atoms with E-state index in [-0.39, 0.29) is 5.56 Å². The van der Waals surface area contributed by atoms with Gasteiger partial charge in [-0.05, 0) is 24.3 Å². The zero-order valence-electron chi connectivity index (χ0n) is 9.27. The molecule has 2 N–H and O–H groups in total. The quantitative estimate of drug-likeness (QED) is 0.716. The fourth-order valence-electron chi connectivity index (χ4n) is 1.89. The number of hydrogen-bond acceptors (Lipinski definition) is 2. The summed E-state index contributed by atoms with van der Waals surface area (Å²) in [5.74, 6) is -0.972. The minimum Gasteiger partial charge on any atom is -0.383 e. The van der Waals surface area contributed by atoms with E-state index in [0.717, 1.165) is 6.07 Å².